The van der Waals surface area contributed by atoms with Gasteiger partial charge in [-0.05, 0) is 73.9 Å². The SMILES string of the molecule is COC(=O)N[C@H](C(=O)N1CCC[C@H]1c1nc2cc(-c3ncc(-c4ccc5[nH]c([C@@H]6CCCN6C(=O)[C@H](C(C)C)N(C)C(=O)O)nc5c4)o3)ccc2[nH]1)C(C)C. The van der Waals surface area contributed by atoms with E-state index in [1.54, 1.807) is 16.0 Å². The number of carbonyl (C=O) groups excluding carboxylic acids is 3. The highest BCUT2D eigenvalue weighted by molar-refractivity contribution is 5.88. The maximum atomic E-state index is 13.7. The molecule has 5 aromatic rings. The van der Waals surface area contributed by atoms with Crippen LogP contribution in [0.4, 0.5) is 9.59 Å². The number of amides is 4. The van der Waals surface area contributed by atoms with Gasteiger partial charge in [-0.25, -0.2) is 24.5 Å². The summed E-state index contributed by atoms with van der Waals surface area (Å²) in [7, 11) is 2.71. The Morgan fingerprint density at radius 2 is 1.44 bits per heavy atom. The second-order valence-electron chi connectivity index (χ2n) is 15.1. The van der Waals surface area contributed by atoms with Crippen LogP contribution in [0.2, 0.25) is 0 Å². The van der Waals surface area contributed by atoms with Gasteiger partial charge in [0.05, 0.1) is 47.5 Å². The van der Waals surface area contributed by atoms with Gasteiger partial charge in [0, 0.05) is 31.3 Å². The van der Waals surface area contributed by atoms with Crippen LogP contribution in [0, 0.1) is 11.8 Å². The number of alkyl carbamates (subject to hydrolysis) is 1. The number of hydrogen-bond donors (Lipinski definition) is 4. The number of nitrogens with one attached hydrogen (secondary N) is 3. The number of hydrogen-bond acceptors (Lipinski definition) is 9. The van der Waals surface area contributed by atoms with E-state index in [1.165, 1.54) is 14.2 Å². The molecule has 0 spiro atoms. The number of carbonyl (C=O) groups is 4. The fourth-order valence-electron chi connectivity index (χ4n) is 7.89. The van der Waals surface area contributed by atoms with Crippen molar-refractivity contribution in [3.63, 3.8) is 0 Å². The quantitative estimate of drug-likeness (QED) is 0.129. The summed E-state index contributed by atoms with van der Waals surface area (Å²) in [5.74, 6) is 1.59. The van der Waals surface area contributed by atoms with Crippen LogP contribution in [0.3, 0.4) is 0 Å². The number of H-pyrrole nitrogens is 2. The number of benzene rings is 2. The van der Waals surface area contributed by atoms with E-state index < -0.39 is 24.3 Å². The maximum Gasteiger partial charge on any atom is 0.407 e. The number of methoxy groups -OCH3 is 1. The van der Waals surface area contributed by atoms with Crippen molar-refractivity contribution in [3.8, 4) is 22.8 Å². The molecule has 2 aromatic carbocycles. The van der Waals surface area contributed by atoms with Crippen molar-refractivity contribution in [1.29, 1.82) is 0 Å². The fraction of sp³-hybridized carbons (Fsp3) is 0.462. The van der Waals surface area contributed by atoms with Crippen molar-refractivity contribution in [1.82, 2.24) is 44.9 Å². The Labute approximate surface area is 317 Å². The van der Waals surface area contributed by atoms with Crippen LogP contribution in [-0.2, 0) is 14.3 Å². The summed E-state index contributed by atoms with van der Waals surface area (Å²) in [4.78, 5) is 76.7. The average Bonchev–Trinajstić information content (AvgIpc) is 4.01. The standard InChI is InChI=1S/C39H47N9O7/c1-20(2)31(45-38(51)54-6)36(49)47-15-7-9-28(47)33-42-25-14-12-23(18-27(25)44-33)35-40-19-30(55-35)22-11-13-24-26(17-22)43-34(41-24)29-10-8-16-48(29)37(50)32(21(3)4)46(5)39(52)53/h11-14,17-21,28-29,31-32H,7-10,15-16H2,1-6H3,(H,41,43)(H,42,44)(H,45,51)(H,52,53)/t28-,29-,31-,32-/m0/s1. The average molecular weight is 754 g/mol. The molecule has 5 heterocycles. The summed E-state index contributed by atoms with van der Waals surface area (Å²) in [5.41, 5.74) is 4.55. The number of oxazole rings is 1. The molecule has 16 nitrogen and oxygen atoms in total. The van der Waals surface area contributed by atoms with Crippen LogP contribution < -0.4 is 5.32 Å². The second-order valence-corrected chi connectivity index (χ2v) is 15.1. The lowest BCUT2D eigenvalue weighted by atomic mass is 10.0. The highest BCUT2D eigenvalue weighted by Gasteiger charge is 2.40. The number of imidazole rings is 2. The molecule has 0 unspecified atom stereocenters. The topological polar surface area (TPSA) is 203 Å². The van der Waals surface area contributed by atoms with E-state index in [1.807, 2.05) is 64.1 Å². The van der Waals surface area contributed by atoms with Gasteiger partial charge in [0.1, 0.15) is 23.7 Å². The molecular formula is C39H47N9O7. The molecule has 16 heteroatoms. The number of fused-ring (bicyclic) bond motifs is 2. The number of aromatic nitrogens is 5. The highest BCUT2D eigenvalue weighted by Crippen LogP contribution is 2.36. The third kappa shape index (κ3) is 7.20. The zero-order valence-electron chi connectivity index (χ0n) is 31.8. The summed E-state index contributed by atoms with van der Waals surface area (Å²) in [5, 5.41) is 12.3. The number of aromatic amines is 2. The molecular weight excluding hydrogens is 706 g/mol. The van der Waals surface area contributed by atoms with Gasteiger partial charge in [-0.2, -0.15) is 0 Å². The van der Waals surface area contributed by atoms with E-state index in [0.29, 0.717) is 47.4 Å². The van der Waals surface area contributed by atoms with Crippen LogP contribution in [0.25, 0.3) is 44.8 Å². The largest absolute Gasteiger partial charge is 0.465 e. The predicted molar refractivity (Wildman–Crippen MR) is 203 cm³/mol. The summed E-state index contributed by atoms with van der Waals surface area (Å²) >= 11 is 0. The molecule has 0 saturated carbocycles. The number of ether oxygens (including phenoxy) is 1. The highest BCUT2D eigenvalue weighted by atomic mass is 16.5. The number of likely N-dealkylation sites (tertiary alicyclic amines) is 2. The van der Waals surface area contributed by atoms with Crippen LogP contribution >= 0.6 is 0 Å². The molecule has 290 valence electrons. The first kappa shape index (κ1) is 37.4. The Hall–Kier alpha value is -5.93. The number of carboxylic acid groups (broad SMARTS) is 1. The molecule has 4 amide bonds. The third-order valence-electron chi connectivity index (χ3n) is 10.7. The van der Waals surface area contributed by atoms with Gasteiger partial charge >= 0.3 is 12.2 Å². The van der Waals surface area contributed by atoms with Gasteiger partial charge in [-0.3, -0.25) is 14.5 Å². The van der Waals surface area contributed by atoms with Crippen molar-refractivity contribution in [2.24, 2.45) is 11.8 Å². The van der Waals surface area contributed by atoms with Gasteiger partial charge in [0.15, 0.2) is 5.76 Å². The van der Waals surface area contributed by atoms with Crippen LogP contribution in [0.5, 0.6) is 0 Å². The number of nitrogens with zero attached hydrogens (tertiary/aromatic N) is 6. The molecule has 0 radical (unpaired) electrons. The minimum Gasteiger partial charge on any atom is -0.465 e. The number of rotatable bonds is 10. The minimum atomic E-state index is -1.14. The summed E-state index contributed by atoms with van der Waals surface area (Å²) in [6, 6.07) is 9.41. The molecule has 4 atom stereocenters. The first-order valence-electron chi connectivity index (χ1n) is 18.7. The lowest BCUT2D eigenvalue weighted by Gasteiger charge is -2.33. The molecule has 0 aliphatic carbocycles. The molecule has 4 N–H and O–H groups in total. The van der Waals surface area contributed by atoms with Crippen LogP contribution in [0.1, 0.15) is 77.1 Å². The van der Waals surface area contributed by atoms with E-state index in [4.69, 9.17) is 19.1 Å². The van der Waals surface area contributed by atoms with Crippen molar-refractivity contribution >= 4 is 46.1 Å². The Kier molecular flexibility index (Phi) is 10.2. The van der Waals surface area contributed by atoms with E-state index >= 15 is 0 Å². The van der Waals surface area contributed by atoms with Gasteiger partial charge in [-0.15, -0.1) is 0 Å². The Bertz CT molecular complexity index is 2240. The van der Waals surface area contributed by atoms with Crippen molar-refractivity contribution in [3.05, 3.63) is 54.2 Å². The van der Waals surface area contributed by atoms with E-state index in [2.05, 4.69) is 20.3 Å². The van der Waals surface area contributed by atoms with Gasteiger partial charge in [-0.1, -0.05) is 27.7 Å². The van der Waals surface area contributed by atoms with Gasteiger partial charge in [0.2, 0.25) is 17.7 Å². The van der Waals surface area contributed by atoms with Crippen molar-refractivity contribution < 1.29 is 33.4 Å². The van der Waals surface area contributed by atoms with E-state index in [9.17, 15) is 24.3 Å². The molecule has 55 heavy (non-hydrogen) atoms. The fourth-order valence-corrected chi connectivity index (χ4v) is 7.89. The molecule has 3 aromatic heterocycles. The molecule has 0 bridgehead atoms. The Morgan fingerprint density at radius 1 is 0.873 bits per heavy atom. The molecule has 2 aliphatic heterocycles. The van der Waals surface area contributed by atoms with Gasteiger partial charge < -0.3 is 39.3 Å². The first-order chi connectivity index (χ1) is 26.3. The third-order valence-corrected chi connectivity index (χ3v) is 10.7. The predicted octanol–water partition coefficient (Wildman–Crippen LogP) is 6.10. The summed E-state index contributed by atoms with van der Waals surface area (Å²) in [6.07, 6.45) is 2.96. The van der Waals surface area contributed by atoms with E-state index in [-0.39, 0.29) is 35.7 Å². The molecule has 2 fully saturated rings. The molecule has 2 saturated heterocycles. The zero-order valence-corrected chi connectivity index (χ0v) is 31.8. The minimum absolute atomic E-state index is 0.131. The lowest BCUT2D eigenvalue weighted by molar-refractivity contribution is -0.138. The smallest absolute Gasteiger partial charge is 0.407 e. The van der Waals surface area contributed by atoms with Crippen molar-refractivity contribution in [2.75, 3.05) is 27.2 Å². The summed E-state index contributed by atoms with van der Waals surface area (Å²) < 4.78 is 11.0. The lowest BCUT2D eigenvalue weighted by Crippen LogP contribution is -2.51. The Balaban J connectivity index is 1.09. The number of likely N-dealkylation sites (N-methyl/N-ethyl adjacent to an activating group) is 1. The zero-order chi connectivity index (χ0) is 39.1. The molecule has 2 aliphatic rings. The maximum absolute atomic E-state index is 13.7. The van der Waals surface area contributed by atoms with E-state index in [0.717, 1.165) is 52.7 Å². The monoisotopic (exact) mass is 753 g/mol. The Morgan fingerprint density at radius 3 is 1.98 bits per heavy atom. The van der Waals surface area contributed by atoms with Crippen molar-refractivity contribution in [2.45, 2.75) is 77.5 Å². The normalized spacial score (nSPS) is 18.4. The second kappa shape index (κ2) is 15.1. The van der Waals surface area contributed by atoms with Crippen LogP contribution in [-0.4, -0.2) is 108 Å². The summed E-state index contributed by atoms with van der Waals surface area (Å²) in [6.45, 7) is 8.56. The molecule has 7 rings (SSSR count). The van der Waals surface area contributed by atoms with Crippen LogP contribution in [0.15, 0.2) is 47.0 Å². The van der Waals surface area contributed by atoms with Gasteiger partial charge in [0.25, 0.3) is 0 Å². The first-order valence-corrected chi connectivity index (χ1v) is 18.7.